The van der Waals surface area contributed by atoms with Gasteiger partial charge in [0.25, 0.3) is 11.5 Å². The van der Waals surface area contributed by atoms with Gasteiger partial charge >= 0.3 is 0 Å². The Labute approximate surface area is 206 Å². The number of halogens is 1. The van der Waals surface area contributed by atoms with E-state index in [0.29, 0.717) is 10.8 Å². The van der Waals surface area contributed by atoms with Gasteiger partial charge in [-0.25, -0.2) is 9.97 Å². The number of fused-ring (bicyclic) bond motifs is 1. The molecule has 0 aliphatic heterocycles. The second-order valence-electron chi connectivity index (χ2n) is 8.11. The van der Waals surface area contributed by atoms with Crippen molar-refractivity contribution in [3.05, 3.63) is 119 Å². The second kappa shape index (κ2) is 9.19. The molecule has 0 spiro atoms. The third-order valence-corrected chi connectivity index (χ3v) is 6.19. The Morgan fingerprint density at radius 3 is 2.51 bits per heavy atom. The maximum atomic E-state index is 13.0. The highest BCUT2D eigenvalue weighted by Gasteiger charge is 2.17. The van der Waals surface area contributed by atoms with Crippen molar-refractivity contribution in [3.63, 3.8) is 0 Å². The number of hydrogen-bond donors (Lipinski definition) is 1. The average molecular weight is 483 g/mol. The van der Waals surface area contributed by atoms with Crippen molar-refractivity contribution in [2.75, 3.05) is 5.32 Å². The van der Waals surface area contributed by atoms with Crippen molar-refractivity contribution in [2.24, 2.45) is 7.05 Å². The zero-order valence-corrected chi connectivity index (χ0v) is 19.6. The number of benzene rings is 2. The summed E-state index contributed by atoms with van der Waals surface area (Å²) in [5, 5.41) is 3.95. The summed E-state index contributed by atoms with van der Waals surface area (Å²) >= 11 is 6.32. The van der Waals surface area contributed by atoms with Crippen LogP contribution in [0.3, 0.4) is 0 Å². The molecular formula is C27H21ClN5O2. The van der Waals surface area contributed by atoms with E-state index in [0.717, 1.165) is 27.7 Å². The minimum Gasteiger partial charge on any atom is -0.335 e. The summed E-state index contributed by atoms with van der Waals surface area (Å²) in [6, 6.07) is 19.5. The van der Waals surface area contributed by atoms with Gasteiger partial charge < -0.3 is 14.5 Å². The Kier molecular flexibility index (Phi) is 5.93. The van der Waals surface area contributed by atoms with Crippen LogP contribution in [0.15, 0.2) is 90.2 Å². The number of carbonyl (C=O) groups excluding carboxylic acids is 1. The van der Waals surface area contributed by atoms with Gasteiger partial charge in [0.05, 0.1) is 11.4 Å². The van der Waals surface area contributed by atoms with Gasteiger partial charge in [-0.15, -0.1) is 0 Å². The number of amides is 1. The van der Waals surface area contributed by atoms with E-state index in [9.17, 15) is 9.59 Å². The van der Waals surface area contributed by atoms with Crippen LogP contribution in [0.1, 0.15) is 22.0 Å². The number of hydrogen-bond acceptors (Lipinski definition) is 4. The quantitative estimate of drug-likeness (QED) is 0.352. The predicted octanol–water partition coefficient (Wildman–Crippen LogP) is 5.13. The van der Waals surface area contributed by atoms with E-state index < -0.39 is 17.5 Å². The van der Waals surface area contributed by atoms with Crippen molar-refractivity contribution in [2.45, 2.75) is 6.04 Å². The van der Waals surface area contributed by atoms with E-state index in [1.807, 2.05) is 60.3 Å². The summed E-state index contributed by atoms with van der Waals surface area (Å²) in [7, 11) is 1.89. The maximum Gasteiger partial charge on any atom is 0.263 e. The molecule has 3 heterocycles. The summed E-state index contributed by atoms with van der Waals surface area (Å²) in [6.45, 7) is 4.10. The van der Waals surface area contributed by atoms with Crippen molar-refractivity contribution in [1.82, 2.24) is 19.1 Å². The molecule has 0 aliphatic carbocycles. The zero-order chi connectivity index (χ0) is 24.5. The lowest BCUT2D eigenvalue weighted by molar-refractivity contribution is 0.102. The largest absolute Gasteiger partial charge is 0.335 e. The summed E-state index contributed by atoms with van der Waals surface area (Å²) in [5.41, 5.74) is 3.59. The second-order valence-corrected chi connectivity index (χ2v) is 8.47. The van der Waals surface area contributed by atoms with Crippen LogP contribution < -0.4 is 10.9 Å². The molecule has 2 aromatic carbocycles. The van der Waals surface area contributed by atoms with E-state index in [-0.39, 0.29) is 5.56 Å². The molecule has 5 rings (SSSR count). The number of rotatable bonds is 5. The fraction of sp³-hybridized carbons (Fsp3) is 0.0741. The Bertz CT molecular complexity index is 1590. The highest BCUT2D eigenvalue weighted by molar-refractivity contribution is 6.35. The van der Waals surface area contributed by atoms with Crippen molar-refractivity contribution in [1.29, 1.82) is 0 Å². The normalized spacial score (nSPS) is 12.0. The van der Waals surface area contributed by atoms with Gasteiger partial charge in [-0.2, -0.15) is 0 Å². The molecule has 1 atom stereocenters. The van der Waals surface area contributed by atoms with Gasteiger partial charge in [0.2, 0.25) is 0 Å². The van der Waals surface area contributed by atoms with E-state index in [1.165, 1.54) is 17.0 Å². The van der Waals surface area contributed by atoms with Gasteiger partial charge in [-0.3, -0.25) is 9.59 Å². The molecule has 0 saturated carbocycles. The number of nitrogens with zero attached hydrogens (tertiary/aromatic N) is 4. The first kappa shape index (κ1) is 22.6. The zero-order valence-electron chi connectivity index (χ0n) is 18.9. The molecule has 7 nitrogen and oxygen atoms in total. The number of pyridine rings is 1. The molecule has 35 heavy (non-hydrogen) atoms. The molecule has 0 fully saturated rings. The Morgan fingerprint density at radius 1 is 1.03 bits per heavy atom. The standard InChI is InChI=1S/C27H21ClN5O2/c1-17(18-7-4-3-5-8-18)33-14-6-9-21(27(33)35)26(34)31-20-12-10-19(11-13-20)22-15-32(2)25-23(22)24(28)29-16-30-25/h3-17H,1H2,2H3,(H,31,34)/t17-/m1/s1. The number of carbonyl (C=O) groups is 1. The molecule has 173 valence electrons. The number of nitrogens with one attached hydrogen (secondary N) is 1. The topological polar surface area (TPSA) is 81.8 Å². The van der Waals surface area contributed by atoms with E-state index in [1.54, 1.807) is 24.4 Å². The molecule has 1 radical (unpaired) electrons. The van der Waals surface area contributed by atoms with Gasteiger partial charge in [-0.1, -0.05) is 54.1 Å². The lowest BCUT2D eigenvalue weighted by Crippen LogP contribution is -2.30. The van der Waals surface area contributed by atoms with Crippen LogP contribution in [0.2, 0.25) is 5.15 Å². The van der Waals surface area contributed by atoms with Crippen LogP contribution in [0.5, 0.6) is 0 Å². The number of aryl methyl sites for hydroxylation is 1. The molecule has 0 saturated heterocycles. The van der Waals surface area contributed by atoms with Gasteiger partial charge in [0.15, 0.2) is 0 Å². The summed E-state index contributed by atoms with van der Waals surface area (Å²) < 4.78 is 3.35. The molecule has 0 aliphatic rings. The predicted molar refractivity (Wildman–Crippen MR) is 138 cm³/mol. The first-order chi connectivity index (χ1) is 16.9. The maximum absolute atomic E-state index is 13.0. The number of anilines is 1. The summed E-state index contributed by atoms with van der Waals surface area (Å²) in [4.78, 5) is 34.4. The number of aromatic nitrogens is 4. The van der Waals surface area contributed by atoms with Crippen LogP contribution in [0.25, 0.3) is 22.2 Å². The third kappa shape index (κ3) is 4.22. The van der Waals surface area contributed by atoms with E-state index >= 15 is 0 Å². The minimum atomic E-state index is -0.487. The molecule has 5 aromatic rings. The SMILES string of the molecule is [CH2][C@H](c1ccccc1)n1cccc(C(=O)Nc2ccc(-c3cn(C)c4ncnc(Cl)c34)cc2)c1=O. The van der Waals surface area contributed by atoms with Crippen LogP contribution in [-0.2, 0) is 7.05 Å². The minimum absolute atomic E-state index is 0.0409. The third-order valence-electron chi connectivity index (χ3n) is 5.90. The average Bonchev–Trinajstić information content (AvgIpc) is 3.22. The fourth-order valence-electron chi connectivity index (χ4n) is 4.09. The van der Waals surface area contributed by atoms with Gasteiger partial charge in [0.1, 0.15) is 22.7 Å². The van der Waals surface area contributed by atoms with Crippen LogP contribution in [0, 0.1) is 6.92 Å². The summed E-state index contributed by atoms with van der Waals surface area (Å²) in [5.74, 6) is -0.487. The highest BCUT2D eigenvalue weighted by atomic mass is 35.5. The molecule has 0 bridgehead atoms. The Morgan fingerprint density at radius 2 is 1.77 bits per heavy atom. The molecule has 1 amide bonds. The molecule has 8 heteroatoms. The van der Waals surface area contributed by atoms with Crippen LogP contribution >= 0.6 is 11.6 Å². The monoisotopic (exact) mass is 482 g/mol. The molecule has 3 aromatic heterocycles. The first-order valence-electron chi connectivity index (χ1n) is 10.9. The lowest BCUT2D eigenvalue weighted by Gasteiger charge is -2.16. The van der Waals surface area contributed by atoms with Crippen molar-refractivity contribution < 1.29 is 4.79 Å². The Balaban J connectivity index is 1.40. The van der Waals surface area contributed by atoms with E-state index in [2.05, 4.69) is 22.2 Å². The smallest absolute Gasteiger partial charge is 0.263 e. The molecule has 0 unspecified atom stereocenters. The Hall–Kier alpha value is -4.23. The fourth-order valence-corrected chi connectivity index (χ4v) is 4.32. The summed E-state index contributed by atoms with van der Waals surface area (Å²) in [6.07, 6.45) is 5.01. The van der Waals surface area contributed by atoms with Crippen LogP contribution in [-0.4, -0.2) is 25.0 Å². The van der Waals surface area contributed by atoms with Gasteiger partial charge in [0, 0.05) is 30.7 Å². The van der Waals surface area contributed by atoms with Gasteiger partial charge in [-0.05, 0) is 42.3 Å². The molecule has 1 N–H and O–H groups in total. The van der Waals surface area contributed by atoms with Crippen molar-refractivity contribution >= 4 is 34.2 Å². The van der Waals surface area contributed by atoms with Crippen molar-refractivity contribution in [3.8, 4) is 11.1 Å². The highest BCUT2D eigenvalue weighted by Crippen LogP contribution is 2.33. The first-order valence-corrected chi connectivity index (χ1v) is 11.3. The lowest BCUT2D eigenvalue weighted by atomic mass is 10.1. The van der Waals surface area contributed by atoms with Crippen LogP contribution in [0.4, 0.5) is 5.69 Å². The van der Waals surface area contributed by atoms with E-state index in [4.69, 9.17) is 11.6 Å². The molecular weight excluding hydrogens is 462 g/mol.